The molecule has 2 unspecified atom stereocenters. The number of likely N-dealkylation sites (N-methyl/N-ethyl adjacent to an activating group) is 1. The third-order valence-electron chi connectivity index (χ3n) is 5.39. The van der Waals surface area contributed by atoms with Crippen molar-refractivity contribution in [3.8, 4) is 5.75 Å². The van der Waals surface area contributed by atoms with E-state index in [1.165, 1.54) is 20.2 Å². The number of fused-ring (bicyclic) bond motifs is 1. The van der Waals surface area contributed by atoms with Crippen LogP contribution in [0.5, 0.6) is 5.75 Å². The zero-order valence-electron chi connectivity index (χ0n) is 16.5. The molecule has 1 fully saturated rings. The number of hydrogen-bond acceptors (Lipinski definition) is 5. The molecule has 0 bridgehead atoms. The van der Waals surface area contributed by atoms with Crippen molar-refractivity contribution >= 4 is 15.9 Å². The van der Waals surface area contributed by atoms with Crippen molar-refractivity contribution in [3.63, 3.8) is 0 Å². The van der Waals surface area contributed by atoms with Gasteiger partial charge in [-0.1, -0.05) is 6.92 Å². The fourth-order valence-electron chi connectivity index (χ4n) is 3.88. The number of hydrogen-bond donors (Lipinski definition) is 1. The van der Waals surface area contributed by atoms with Gasteiger partial charge in [0, 0.05) is 33.1 Å². The lowest BCUT2D eigenvalue weighted by atomic mass is 10.1. The van der Waals surface area contributed by atoms with Crippen molar-refractivity contribution in [1.82, 2.24) is 14.5 Å². The number of nitrogens with zero attached hydrogens (tertiary/aromatic N) is 2. The Morgan fingerprint density at radius 2 is 2.11 bits per heavy atom. The summed E-state index contributed by atoms with van der Waals surface area (Å²) in [4.78, 5) is 15.4. The summed E-state index contributed by atoms with van der Waals surface area (Å²) in [5, 5.41) is 2.99. The highest BCUT2D eigenvalue weighted by Crippen LogP contribution is 2.35. The highest BCUT2D eigenvalue weighted by atomic mass is 32.2. The Morgan fingerprint density at radius 1 is 1.37 bits per heavy atom. The molecule has 0 saturated carbocycles. The van der Waals surface area contributed by atoms with Crippen LogP contribution in [0, 0.1) is 0 Å². The zero-order valence-corrected chi connectivity index (χ0v) is 17.3. The first-order chi connectivity index (χ1) is 12.7. The van der Waals surface area contributed by atoms with Crippen molar-refractivity contribution in [2.45, 2.75) is 50.2 Å². The van der Waals surface area contributed by atoms with Gasteiger partial charge in [-0.05, 0) is 50.6 Å². The molecular formula is C19H29N3O4S. The van der Waals surface area contributed by atoms with Gasteiger partial charge < -0.3 is 10.1 Å². The van der Waals surface area contributed by atoms with Crippen molar-refractivity contribution < 1.29 is 17.9 Å². The van der Waals surface area contributed by atoms with Crippen LogP contribution in [0.1, 0.15) is 42.6 Å². The second-order valence-electron chi connectivity index (χ2n) is 7.51. The van der Waals surface area contributed by atoms with E-state index >= 15 is 0 Å². The third-order valence-corrected chi connectivity index (χ3v) is 7.19. The summed E-state index contributed by atoms with van der Waals surface area (Å²) in [5.41, 5.74) is 1.07. The number of benzene rings is 1. The maximum atomic E-state index is 12.9. The normalized spacial score (nSPS) is 22.7. The molecule has 1 aromatic rings. The second-order valence-corrected chi connectivity index (χ2v) is 9.67. The molecule has 2 aliphatic heterocycles. The summed E-state index contributed by atoms with van der Waals surface area (Å²) in [6.45, 7) is 6.62. The molecule has 0 spiro atoms. The maximum absolute atomic E-state index is 12.9. The standard InChI is InChI=1S/C19H29N3O4S/c1-5-22-8-6-7-15(22)12-20-19(23)17-11-16(27(24,25)21(3)4)10-14-9-13(2)26-18(14)17/h10-11,13,15H,5-9,12H2,1-4H3,(H,20,23). The predicted molar refractivity (Wildman–Crippen MR) is 104 cm³/mol. The summed E-state index contributed by atoms with van der Waals surface area (Å²) in [5.74, 6) is 0.232. The fourth-order valence-corrected chi connectivity index (χ4v) is 4.86. The van der Waals surface area contributed by atoms with Crippen molar-refractivity contribution in [1.29, 1.82) is 0 Å². The molecule has 1 aromatic carbocycles. The van der Waals surface area contributed by atoms with E-state index in [0.717, 1.165) is 35.8 Å². The molecule has 1 amide bonds. The van der Waals surface area contributed by atoms with Crippen LogP contribution in [0.15, 0.2) is 17.0 Å². The van der Waals surface area contributed by atoms with Gasteiger partial charge in [-0.2, -0.15) is 0 Å². The van der Waals surface area contributed by atoms with Gasteiger partial charge in [0.1, 0.15) is 11.9 Å². The van der Waals surface area contributed by atoms with Crippen LogP contribution in [0.4, 0.5) is 0 Å². The molecule has 0 aliphatic carbocycles. The lowest BCUT2D eigenvalue weighted by Gasteiger charge is -2.23. The average Bonchev–Trinajstić information content (AvgIpc) is 3.23. The first kappa shape index (κ1) is 20.1. The van der Waals surface area contributed by atoms with Crippen LogP contribution in [-0.2, 0) is 16.4 Å². The number of sulfonamides is 1. The monoisotopic (exact) mass is 395 g/mol. The SMILES string of the molecule is CCN1CCCC1CNC(=O)c1cc(S(=O)(=O)N(C)C)cc2c1OC(C)C2. The minimum atomic E-state index is -3.63. The molecule has 7 nitrogen and oxygen atoms in total. The van der Waals surface area contributed by atoms with Gasteiger partial charge in [0.05, 0.1) is 10.5 Å². The number of carbonyl (C=O) groups is 1. The quantitative estimate of drug-likeness (QED) is 0.789. The molecule has 27 heavy (non-hydrogen) atoms. The van der Waals surface area contributed by atoms with Gasteiger partial charge >= 0.3 is 0 Å². The molecule has 3 rings (SSSR count). The molecule has 2 heterocycles. The van der Waals surface area contributed by atoms with Crippen LogP contribution in [0.3, 0.4) is 0 Å². The first-order valence-electron chi connectivity index (χ1n) is 9.52. The Balaban J connectivity index is 1.87. The number of likely N-dealkylation sites (tertiary alicyclic amines) is 1. The molecule has 150 valence electrons. The van der Waals surface area contributed by atoms with Gasteiger partial charge in [-0.3, -0.25) is 9.69 Å². The Morgan fingerprint density at radius 3 is 2.78 bits per heavy atom. The molecule has 0 radical (unpaired) electrons. The van der Waals surface area contributed by atoms with Crippen LogP contribution in [-0.4, -0.2) is 69.4 Å². The van der Waals surface area contributed by atoms with Crippen LogP contribution >= 0.6 is 0 Å². The topological polar surface area (TPSA) is 79.0 Å². The number of ether oxygens (including phenoxy) is 1. The van der Waals surface area contributed by atoms with Gasteiger partial charge in [-0.15, -0.1) is 0 Å². The lowest BCUT2D eigenvalue weighted by molar-refractivity contribution is 0.0936. The van der Waals surface area contributed by atoms with Crippen LogP contribution in [0.2, 0.25) is 0 Å². The molecule has 0 aromatic heterocycles. The summed E-state index contributed by atoms with van der Waals surface area (Å²) >= 11 is 0. The van der Waals surface area contributed by atoms with Crippen LogP contribution in [0.25, 0.3) is 0 Å². The minimum Gasteiger partial charge on any atom is -0.489 e. The highest BCUT2D eigenvalue weighted by Gasteiger charge is 2.30. The van der Waals surface area contributed by atoms with Crippen LogP contribution < -0.4 is 10.1 Å². The van der Waals surface area contributed by atoms with E-state index in [1.807, 2.05) is 6.92 Å². The third kappa shape index (κ3) is 3.97. The van der Waals surface area contributed by atoms with E-state index in [2.05, 4.69) is 17.1 Å². The number of amides is 1. The van der Waals surface area contributed by atoms with E-state index in [4.69, 9.17) is 4.74 Å². The van der Waals surface area contributed by atoms with E-state index < -0.39 is 10.0 Å². The largest absolute Gasteiger partial charge is 0.489 e. The van der Waals surface area contributed by atoms with Crippen molar-refractivity contribution in [2.75, 3.05) is 33.7 Å². The Hall–Kier alpha value is -1.64. The average molecular weight is 396 g/mol. The van der Waals surface area contributed by atoms with Gasteiger partial charge in [0.2, 0.25) is 10.0 Å². The number of nitrogens with one attached hydrogen (secondary N) is 1. The number of rotatable bonds is 6. The highest BCUT2D eigenvalue weighted by molar-refractivity contribution is 7.89. The van der Waals surface area contributed by atoms with E-state index in [9.17, 15) is 13.2 Å². The summed E-state index contributed by atoms with van der Waals surface area (Å²) in [7, 11) is -0.652. The van der Waals surface area contributed by atoms with Gasteiger partial charge in [-0.25, -0.2) is 12.7 Å². The Kier molecular flexibility index (Phi) is 5.79. The first-order valence-corrected chi connectivity index (χ1v) is 11.0. The zero-order chi connectivity index (χ0) is 19.8. The molecule has 8 heteroatoms. The molecular weight excluding hydrogens is 366 g/mol. The van der Waals surface area contributed by atoms with Gasteiger partial charge in [0.25, 0.3) is 5.91 Å². The predicted octanol–water partition coefficient (Wildman–Crippen LogP) is 1.47. The lowest BCUT2D eigenvalue weighted by Crippen LogP contribution is -2.40. The molecule has 1 saturated heterocycles. The smallest absolute Gasteiger partial charge is 0.255 e. The van der Waals surface area contributed by atoms with E-state index in [0.29, 0.717) is 30.3 Å². The van der Waals surface area contributed by atoms with Crippen molar-refractivity contribution in [3.05, 3.63) is 23.3 Å². The molecule has 1 N–H and O–H groups in total. The molecule has 2 aliphatic rings. The Labute approximate surface area is 161 Å². The summed E-state index contributed by atoms with van der Waals surface area (Å²) in [6.07, 6.45) is 2.73. The fraction of sp³-hybridized carbons (Fsp3) is 0.632. The van der Waals surface area contributed by atoms with Crippen molar-refractivity contribution in [2.24, 2.45) is 0 Å². The molecule has 2 atom stereocenters. The van der Waals surface area contributed by atoms with E-state index in [1.54, 1.807) is 6.07 Å². The minimum absolute atomic E-state index is 0.0747. The number of carbonyl (C=O) groups excluding carboxylic acids is 1. The maximum Gasteiger partial charge on any atom is 0.255 e. The second kappa shape index (κ2) is 7.77. The van der Waals surface area contributed by atoms with Gasteiger partial charge in [0.15, 0.2) is 0 Å². The summed E-state index contributed by atoms with van der Waals surface area (Å²) < 4.78 is 32.1. The Bertz CT molecular complexity index is 822. The van der Waals surface area contributed by atoms with E-state index in [-0.39, 0.29) is 16.9 Å². The summed E-state index contributed by atoms with van der Waals surface area (Å²) in [6, 6.07) is 3.40.